The fourth-order valence-corrected chi connectivity index (χ4v) is 1.26. The number of phenolic OH excluding ortho intramolecular Hbond substituents is 1. The molecule has 0 aromatic heterocycles. The zero-order chi connectivity index (χ0) is 13.5. The molecule has 0 aliphatic rings. The van der Waals surface area contributed by atoms with Gasteiger partial charge in [-0.1, -0.05) is 6.07 Å². The Morgan fingerprint density at radius 1 is 1.61 bits per heavy atom. The Kier molecular flexibility index (Phi) is 4.76. The Morgan fingerprint density at radius 2 is 2.33 bits per heavy atom. The average molecular weight is 246 g/mol. The van der Waals surface area contributed by atoms with Gasteiger partial charge in [0.2, 0.25) is 0 Å². The van der Waals surface area contributed by atoms with Gasteiger partial charge in [0.15, 0.2) is 5.57 Å². The summed E-state index contributed by atoms with van der Waals surface area (Å²) in [5.41, 5.74) is 1.21. The molecular formula is C13H14N2O3. The zero-order valence-electron chi connectivity index (χ0n) is 10.2. The van der Waals surface area contributed by atoms with Gasteiger partial charge in [-0.3, -0.25) is 0 Å². The summed E-state index contributed by atoms with van der Waals surface area (Å²) in [6.45, 7) is 3.73. The molecule has 0 atom stereocenters. The van der Waals surface area contributed by atoms with Gasteiger partial charge in [-0.05, 0) is 31.5 Å². The summed E-state index contributed by atoms with van der Waals surface area (Å²) in [7, 11) is 0. The van der Waals surface area contributed by atoms with Gasteiger partial charge in [0.1, 0.15) is 11.8 Å². The molecule has 0 amide bonds. The number of phenols is 1. The Balaban J connectivity index is 2.87. The summed E-state index contributed by atoms with van der Waals surface area (Å²) in [5.74, 6) is -0.655. The fraction of sp³-hybridized carbons (Fsp3) is 0.231. The van der Waals surface area contributed by atoms with Crippen LogP contribution in [0.5, 0.6) is 5.75 Å². The van der Waals surface area contributed by atoms with Crippen molar-refractivity contribution in [3.05, 3.63) is 35.5 Å². The van der Waals surface area contributed by atoms with E-state index in [0.717, 1.165) is 5.56 Å². The standard InChI is InChI=1S/C13H14N2O3/c1-3-18-13(17)10(7-14)8-15-11-6-9(2)4-5-12(11)16/h4-6,8,15-16H,3H2,1-2H3/b10-8+. The minimum Gasteiger partial charge on any atom is -0.506 e. The summed E-state index contributed by atoms with van der Waals surface area (Å²) >= 11 is 0. The molecule has 1 aromatic rings. The molecule has 0 heterocycles. The van der Waals surface area contributed by atoms with Crippen LogP contribution < -0.4 is 5.32 Å². The van der Waals surface area contributed by atoms with Gasteiger partial charge in [0, 0.05) is 6.20 Å². The number of nitrogens with one attached hydrogen (secondary N) is 1. The number of benzene rings is 1. The summed E-state index contributed by atoms with van der Waals surface area (Å²) in [5, 5.41) is 21.1. The second-order valence-electron chi connectivity index (χ2n) is 3.56. The van der Waals surface area contributed by atoms with Crippen LogP contribution in [0, 0.1) is 18.3 Å². The van der Waals surface area contributed by atoms with E-state index in [0.29, 0.717) is 5.69 Å². The predicted octanol–water partition coefficient (Wildman–Crippen LogP) is 2.08. The van der Waals surface area contributed by atoms with Gasteiger partial charge in [-0.2, -0.15) is 5.26 Å². The molecule has 1 rings (SSSR count). The summed E-state index contributed by atoms with van der Waals surface area (Å²) in [6, 6.07) is 6.71. The third kappa shape index (κ3) is 3.52. The van der Waals surface area contributed by atoms with E-state index in [1.807, 2.05) is 6.92 Å². The number of hydrogen-bond donors (Lipinski definition) is 2. The second-order valence-corrected chi connectivity index (χ2v) is 3.56. The number of rotatable bonds is 4. The number of anilines is 1. The van der Waals surface area contributed by atoms with Crippen LogP contribution in [0.15, 0.2) is 30.0 Å². The number of ether oxygens (including phenoxy) is 1. The van der Waals surface area contributed by atoms with Gasteiger partial charge < -0.3 is 15.2 Å². The third-order valence-corrected chi connectivity index (χ3v) is 2.14. The van der Waals surface area contributed by atoms with Crippen LogP contribution >= 0.6 is 0 Å². The summed E-state index contributed by atoms with van der Waals surface area (Å²) < 4.78 is 4.71. The zero-order valence-corrected chi connectivity index (χ0v) is 10.2. The summed E-state index contributed by atoms with van der Waals surface area (Å²) in [4.78, 5) is 11.3. The van der Waals surface area contributed by atoms with Crippen molar-refractivity contribution in [2.75, 3.05) is 11.9 Å². The van der Waals surface area contributed by atoms with E-state index < -0.39 is 5.97 Å². The lowest BCUT2D eigenvalue weighted by Gasteiger charge is -2.06. The number of carbonyl (C=O) groups excluding carboxylic acids is 1. The Labute approximate surface area is 105 Å². The van der Waals surface area contributed by atoms with Crippen LogP contribution in [-0.2, 0) is 9.53 Å². The highest BCUT2D eigenvalue weighted by Crippen LogP contribution is 2.23. The van der Waals surface area contributed by atoms with Crippen LogP contribution in [0.1, 0.15) is 12.5 Å². The molecule has 0 unspecified atom stereocenters. The van der Waals surface area contributed by atoms with E-state index in [2.05, 4.69) is 5.32 Å². The molecule has 0 saturated carbocycles. The molecule has 0 aliphatic carbocycles. The van der Waals surface area contributed by atoms with Gasteiger partial charge in [0.05, 0.1) is 12.3 Å². The number of nitriles is 1. The third-order valence-electron chi connectivity index (χ3n) is 2.14. The molecule has 18 heavy (non-hydrogen) atoms. The molecule has 0 radical (unpaired) electrons. The normalized spacial score (nSPS) is 10.6. The number of aromatic hydroxyl groups is 1. The van der Waals surface area contributed by atoms with E-state index in [1.54, 1.807) is 25.1 Å². The molecule has 0 saturated heterocycles. The quantitative estimate of drug-likeness (QED) is 0.368. The van der Waals surface area contributed by atoms with Crippen molar-refractivity contribution in [2.45, 2.75) is 13.8 Å². The summed E-state index contributed by atoms with van der Waals surface area (Å²) in [6.07, 6.45) is 1.21. The highest BCUT2D eigenvalue weighted by atomic mass is 16.5. The van der Waals surface area contributed by atoms with Gasteiger partial charge >= 0.3 is 5.97 Å². The van der Waals surface area contributed by atoms with Gasteiger partial charge in [0.25, 0.3) is 0 Å². The second kappa shape index (κ2) is 6.30. The van der Waals surface area contributed by atoms with Crippen LogP contribution in [0.2, 0.25) is 0 Å². The van der Waals surface area contributed by atoms with Crippen LogP contribution in [0.25, 0.3) is 0 Å². The topological polar surface area (TPSA) is 82.4 Å². The predicted molar refractivity (Wildman–Crippen MR) is 66.8 cm³/mol. The molecule has 2 N–H and O–H groups in total. The van der Waals surface area contributed by atoms with Crippen molar-refractivity contribution in [1.29, 1.82) is 5.26 Å². The number of esters is 1. The first-order chi connectivity index (χ1) is 8.58. The van der Waals surface area contributed by atoms with Gasteiger partial charge in [-0.25, -0.2) is 4.79 Å². The molecule has 0 aliphatic heterocycles. The van der Waals surface area contributed by atoms with Crippen LogP contribution in [0.4, 0.5) is 5.69 Å². The molecule has 5 nitrogen and oxygen atoms in total. The van der Waals surface area contributed by atoms with Crippen molar-refractivity contribution in [1.82, 2.24) is 0 Å². The lowest BCUT2D eigenvalue weighted by molar-refractivity contribution is -0.138. The van der Waals surface area contributed by atoms with E-state index in [4.69, 9.17) is 10.00 Å². The maximum atomic E-state index is 11.3. The number of nitrogens with zero attached hydrogens (tertiary/aromatic N) is 1. The number of carbonyl (C=O) groups is 1. The first-order valence-electron chi connectivity index (χ1n) is 5.42. The molecule has 94 valence electrons. The monoisotopic (exact) mass is 246 g/mol. The minimum atomic E-state index is -0.695. The largest absolute Gasteiger partial charge is 0.506 e. The molecule has 0 bridgehead atoms. The van der Waals surface area contributed by atoms with Crippen molar-refractivity contribution >= 4 is 11.7 Å². The maximum absolute atomic E-state index is 11.3. The molecule has 5 heteroatoms. The SMILES string of the molecule is CCOC(=O)/C(C#N)=C/Nc1cc(C)ccc1O. The Morgan fingerprint density at radius 3 is 2.94 bits per heavy atom. The molecule has 0 fully saturated rings. The van der Waals surface area contributed by atoms with E-state index in [-0.39, 0.29) is 17.9 Å². The highest BCUT2D eigenvalue weighted by molar-refractivity contribution is 5.93. The smallest absolute Gasteiger partial charge is 0.350 e. The Bertz CT molecular complexity index is 515. The fourth-order valence-electron chi connectivity index (χ4n) is 1.26. The first kappa shape index (κ1) is 13.6. The number of hydrogen-bond acceptors (Lipinski definition) is 5. The van der Waals surface area contributed by atoms with Gasteiger partial charge in [-0.15, -0.1) is 0 Å². The number of aryl methyl sites for hydroxylation is 1. The lowest BCUT2D eigenvalue weighted by Crippen LogP contribution is -2.07. The molecule has 1 aromatic carbocycles. The lowest BCUT2D eigenvalue weighted by atomic mass is 10.2. The van der Waals surface area contributed by atoms with Crippen LogP contribution in [0.3, 0.4) is 0 Å². The molecule has 0 spiro atoms. The first-order valence-corrected chi connectivity index (χ1v) is 5.42. The van der Waals surface area contributed by atoms with E-state index in [1.165, 1.54) is 12.3 Å². The van der Waals surface area contributed by atoms with Crippen molar-refractivity contribution < 1.29 is 14.6 Å². The van der Waals surface area contributed by atoms with Crippen molar-refractivity contribution in [3.63, 3.8) is 0 Å². The minimum absolute atomic E-state index is 0.0398. The van der Waals surface area contributed by atoms with E-state index in [9.17, 15) is 9.90 Å². The van der Waals surface area contributed by atoms with Crippen LogP contribution in [-0.4, -0.2) is 17.7 Å². The average Bonchev–Trinajstić information content (AvgIpc) is 2.34. The van der Waals surface area contributed by atoms with Crippen molar-refractivity contribution in [2.24, 2.45) is 0 Å². The Hall–Kier alpha value is -2.48. The van der Waals surface area contributed by atoms with Crippen molar-refractivity contribution in [3.8, 4) is 11.8 Å². The highest BCUT2D eigenvalue weighted by Gasteiger charge is 2.09. The molecular weight excluding hydrogens is 232 g/mol. The maximum Gasteiger partial charge on any atom is 0.350 e. The van der Waals surface area contributed by atoms with E-state index >= 15 is 0 Å².